The van der Waals surface area contributed by atoms with Crippen LogP contribution in [-0.2, 0) is 11.2 Å². The largest absolute Gasteiger partial charge is 0.331 e. The number of fused-ring (bicyclic) bond motifs is 1. The topological polar surface area (TPSA) is 43.9 Å². The van der Waals surface area contributed by atoms with Crippen molar-refractivity contribution < 1.29 is 14.0 Å². The number of rotatable bonds is 5. The molecule has 156 valence electrons. The Kier molecular flexibility index (Phi) is 6.57. The number of nitrogens with zero attached hydrogens (tertiary/aromatic N) is 3. The van der Waals surface area contributed by atoms with E-state index in [0.29, 0.717) is 13.1 Å². The molecular weight excluding hydrogens is 389 g/mol. The molecule has 0 fully saturated rings. The van der Waals surface area contributed by atoms with Crippen LogP contribution < -0.4 is 0 Å². The fourth-order valence-corrected chi connectivity index (χ4v) is 4.68. The van der Waals surface area contributed by atoms with Crippen molar-refractivity contribution in [3.63, 3.8) is 0 Å². The molecule has 0 N–H and O–H groups in total. The lowest BCUT2D eigenvalue weighted by atomic mass is 9.93. The number of urea groups is 1. The van der Waals surface area contributed by atoms with Crippen LogP contribution in [0.4, 0.5) is 9.18 Å². The lowest BCUT2D eigenvalue weighted by Gasteiger charge is -2.38. The third kappa shape index (κ3) is 4.78. The molecular formula is C22H28FN3O2S. The van der Waals surface area contributed by atoms with Gasteiger partial charge in [0, 0.05) is 32.1 Å². The molecule has 3 amide bonds. The van der Waals surface area contributed by atoms with Crippen LogP contribution in [-0.4, -0.2) is 60.4 Å². The summed E-state index contributed by atoms with van der Waals surface area (Å²) in [5, 5.41) is 2.04. The van der Waals surface area contributed by atoms with Crippen molar-refractivity contribution in [3.8, 4) is 0 Å². The molecule has 1 aromatic carbocycles. The minimum atomic E-state index is -0.298. The first-order valence-electron chi connectivity index (χ1n) is 9.85. The van der Waals surface area contributed by atoms with Crippen molar-refractivity contribution in [2.75, 3.05) is 33.7 Å². The molecule has 1 aromatic heterocycles. The zero-order chi connectivity index (χ0) is 21.1. The van der Waals surface area contributed by atoms with Gasteiger partial charge in [0.25, 0.3) is 0 Å². The highest BCUT2D eigenvalue weighted by atomic mass is 32.1. The van der Waals surface area contributed by atoms with Gasteiger partial charge in [-0.05, 0) is 47.0 Å². The smallest absolute Gasteiger partial charge is 0.319 e. The highest BCUT2D eigenvalue weighted by Crippen LogP contribution is 2.37. The third-order valence-corrected chi connectivity index (χ3v) is 6.03. The molecule has 0 saturated carbocycles. The molecule has 3 rings (SSSR count). The standard InChI is InChI=1S/C22H28FN3O2S/c1-15(2)13-25(22(28)24(3)4)14-20(27)26-11-9-19-18(10-12-29-19)21(26)16-5-7-17(23)8-6-16/h5-8,10,12,15,21H,9,11,13-14H2,1-4H3/t21-/m1/s1. The van der Waals surface area contributed by atoms with E-state index in [2.05, 4.69) is 0 Å². The molecule has 2 aromatic rings. The predicted molar refractivity (Wildman–Crippen MR) is 113 cm³/mol. The lowest BCUT2D eigenvalue weighted by molar-refractivity contribution is -0.134. The molecule has 0 radical (unpaired) electrons. The Morgan fingerprint density at radius 2 is 1.90 bits per heavy atom. The summed E-state index contributed by atoms with van der Waals surface area (Å²) in [4.78, 5) is 32.1. The van der Waals surface area contributed by atoms with E-state index in [9.17, 15) is 14.0 Å². The maximum Gasteiger partial charge on any atom is 0.319 e. The Balaban J connectivity index is 1.89. The number of benzene rings is 1. The quantitative estimate of drug-likeness (QED) is 0.738. The van der Waals surface area contributed by atoms with Crippen LogP contribution in [0.2, 0.25) is 0 Å². The van der Waals surface area contributed by atoms with E-state index in [4.69, 9.17) is 0 Å². The first-order valence-corrected chi connectivity index (χ1v) is 10.7. The molecule has 29 heavy (non-hydrogen) atoms. The molecule has 0 unspecified atom stereocenters. The molecule has 0 aliphatic carbocycles. The first kappa shape index (κ1) is 21.3. The molecule has 1 aliphatic rings. The van der Waals surface area contributed by atoms with Crippen molar-refractivity contribution in [1.82, 2.24) is 14.7 Å². The van der Waals surface area contributed by atoms with E-state index in [1.807, 2.05) is 30.2 Å². The molecule has 2 heterocycles. The predicted octanol–water partition coefficient (Wildman–Crippen LogP) is 4.00. The van der Waals surface area contributed by atoms with Crippen LogP contribution in [0.15, 0.2) is 35.7 Å². The average molecular weight is 418 g/mol. The number of carbonyl (C=O) groups excluding carboxylic acids is 2. The fourth-order valence-electron chi connectivity index (χ4n) is 3.78. The van der Waals surface area contributed by atoms with Gasteiger partial charge in [-0.1, -0.05) is 26.0 Å². The molecule has 0 bridgehead atoms. The summed E-state index contributed by atoms with van der Waals surface area (Å²) >= 11 is 1.69. The second-order valence-electron chi connectivity index (χ2n) is 8.04. The lowest BCUT2D eigenvalue weighted by Crippen LogP contribution is -2.49. The zero-order valence-electron chi connectivity index (χ0n) is 17.4. The minimum absolute atomic E-state index is 0.0341. The Hall–Kier alpha value is -2.41. The Labute approximate surface area is 175 Å². The van der Waals surface area contributed by atoms with E-state index in [0.717, 1.165) is 17.5 Å². The third-order valence-electron chi connectivity index (χ3n) is 5.04. The highest BCUT2D eigenvalue weighted by molar-refractivity contribution is 7.10. The van der Waals surface area contributed by atoms with Gasteiger partial charge in [-0.2, -0.15) is 0 Å². The van der Waals surface area contributed by atoms with Gasteiger partial charge in [-0.3, -0.25) is 4.79 Å². The van der Waals surface area contributed by atoms with Crippen molar-refractivity contribution >= 4 is 23.3 Å². The second-order valence-corrected chi connectivity index (χ2v) is 9.04. The number of hydrogen-bond acceptors (Lipinski definition) is 3. The summed E-state index contributed by atoms with van der Waals surface area (Å²) in [6.45, 7) is 5.19. The van der Waals surface area contributed by atoms with Crippen LogP contribution in [0.5, 0.6) is 0 Å². The van der Waals surface area contributed by atoms with Crippen LogP contribution in [0.3, 0.4) is 0 Å². The Morgan fingerprint density at radius 1 is 1.21 bits per heavy atom. The number of amides is 3. The van der Waals surface area contributed by atoms with Crippen molar-refractivity contribution in [1.29, 1.82) is 0 Å². The summed E-state index contributed by atoms with van der Waals surface area (Å²) < 4.78 is 13.5. The Morgan fingerprint density at radius 3 is 2.52 bits per heavy atom. The Bertz CT molecular complexity index is 863. The molecule has 0 spiro atoms. The summed E-state index contributed by atoms with van der Waals surface area (Å²) in [6, 6.07) is 7.96. The van der Waals surface area contributed by atoms with Gasteiger partial charge in [-0.15, -0.1) is 11.3 Å². The van der Waals surface area contributed by atoms with Gasteiger partial charge in [0.05, 0.1) is 6.04 Å². The number of halogens is 1. The van der Waals surface area contributed by atoms with Crippen LogP contribution >= 0.6 is 11.3 Å². The number of hydrogen-bond donors (Lipinski definition) is 0. The molecule has 5 nitrogen and oxygen atoms in total. The number of thiophene rings is 1. The SMILES string of the molecule is CC(C)CN(CC(=O)N1CCc2sccc2[C@H]1c1ccc(F)cc1)C(=O)N(C)C. The fraction of sp³-hybridized carbons (Fsp3) is 0.455. The summed E-state index contributed by atoms with van der Waals surface area (Å²) in [5.74, 6) is -0.135. The van der Waals surface area contributed by atoms with E-state index in [1.54, 1.807) is 42.5 Å². The molecule has 1 aliphatic heterocycles. The highest BCUT2D eigenvalue weighted by Gasteiger charge is 2.34. The second kappa shape index (κ2) is 8.95. The number of carbonyl (C=O) groups is 2. The van der Waals surface area contributed by atoms with E-state index >= 15 is 0 Å². The summed E-state index contributed by atoms with van der Waals surface area (Å²) in [7, 11) is 3.39. The molecule has 7 heteroatoms. The van der Waals surface area contributed by atoms with Crippen molar-refractivity contribution in [2.45, 2.75) is 26.3 Å². The van der Waals surface area contributed by atoms with E-state index in [1.165, 1.54) is 21.9 Å². The first-order chi connectivity index (χ1) is 13.8. The minimum Gasteiger partial charge on any atom is -0.331 e. The van der Waals surface area contributed by atoms with Crippen LogP contribution in [0.1, 0.15) is 35.9 Å². The molecule has 0 saturated heterocycles. The normalized spacial score (nSPS) is 15.9. The van der Waals surface area contributed by atoms with Gasteiger partial charge in [-0.25, -0.2) is 9.18 Å². The van der Waals surface area contributed by atoms with Gasteiger partial charge < -0.3 is 14.7 Å². The van der Waals surface area contributed by atoms with Gasteiger partial charge >= 0.3 is 6.03 Å². The van der Waals surface area contributed by atoms with Gasteiger partial charge in [0.15, 0.2) is 0 Å². The van der Waals surface area contributed by atoms with Gasteiger partial charge in [0.2, 0.25) is 5.91 Å². The maximum absolute atomic E-state index is 13.5. The average Bonchev–Trinajstić information content (AvgIpc) is 3.15. The summed E-state index contributed by atoms with van der Waals surface area (Å²) in [5.41, 5.74) is 1.98. The zero-order valence-corrected chi connectivity index (χ0v) is 18.2. The monoisotopic (exact) mass is 417 g/mol. The van der Waals surface area contributed by atoms with E-state index < -0.39 is 0 Å². The maximum atomic E-state index is 13.5. The molecule has 1 atom stereocenters. The van der Waals surface area contributed by atoms with Gasteiger partial charge in [0.1, 0.15) is 12.4 Å². The van der Waals surface area contributed by atoms with Crippen LogP contribution in [0.25, 0.3) is 0 Å². The van der Waals surface area contributed by atoms with Crippen molar-refractivity contribution in [3.05, 3.63) is 57.5 Å². The van der Waals surface area contributed by atoms with E-state index in [-0.39, 0.29) is 36.3 Å². The van der Waals surface area contributed by atoms with Crippen LogP contribution in [0, 0.1) is 11.7 Å². The summed E-state index contributed by atoms with van der Waals surface area (Å²) in [6.07, 6.45) is 0.794. The van der Waals surface area contributed by atoms with Crippen molar-refractivity contribution in [2.24, 2.45) is 5.92 Å².